The average molecular weight is 69.9 g/mol. The van der Waals surface area contributed by atoms with Gasteiger partial charge in [-0.1, -0.05) is 0 Å². The van der Waals surface area contributed by atoms with E-state index >= 15 is 0 Å². The maximum atomic E-state index is 9.16. The average Bonchev–Trinajstić information content (AvgIpc) is 1.38. The molecule has 0 aliphatic rings. The Hall–Kier alpha value is -0.665. The third-order valence-electron chi connectivity index (χ3n) is 0.127. The SMILES string of the molecule is N=C(N)B=O. The van der Waals surface area contributed by atoms with Gasteiger partial charge >= 0.3 is 28.7 Å². The van der Waals surface area contributed by atoms with Crippen LogP contribution >= 0.6 is 0 Å². The summed E-state index contributed by atoms with van der Waals surface area (Å²) in [6, 6.07) is 0. The van der Waals surface area contributed by atoms with Gasteiger partial charge in [-0.15, -0.1) is 0 Å². The Morgan fingerprint density at radius 3 is 2.20 bits per heavy atom. The van der Waals surface area contributed by atoms with Crippen molar-refractivity contribution in [2.45, 2.75) is 0 Å². The summed E-state index contributed by atoms with van der Waals surface area (Å²) < 4.78 is 9.16. The topological polar surface area (TPSA) is 66.9 Å². The Morgan fingerprint density at radius 2 is 2.20 bits per heavy atom. The van der Waals surface area contributed by atoms with Crippen LogP contribution < -0.4 is 5.73 Å². The molecule has 0 aromatic carbocycles. The van der Waals surface area contributed by atoms with E-state index in [4.69, 9.17) is 10.1 Å². The fraction of sp³-hybridized carbons (Fsp3) is 0. The second kappa shape index (κ2) is 1.63. The molecule has 4 heteroatoms. The van der Waals surface area contributed by atoms with Crippen molar-refractivity contribution in [1.29, 1.82) is 5.41 Å². The van der Waals surface area contributed by atoms with Gasteiger partial charge in [0.05, 0.1) is 0 Å². The number of hydrogen-bond donors (Lipinski definition) is 2. The van der Waals surface area contributed by atoms with Crippen LogP contribution in [-0.4, -0.2) is 12.9 Å². The summed E-state index contributed by atoms with van der Waals surface area (Å²) in [5.41, 5.74) is 4.08. The maximum absolute atomic E-state index is 9.16. The minimum absolute atomic E-state index is 0.278. The molecular formula is CH3BN2O. The molecule has 3 nitrogen and oxygen atoms in total. The van der Waals surface area contributed by atoms with Crippen LogP contribution in [0.15, 0.2) is 0 Å². The molecule has 0 unspecified atom stereocenters. The predicted molar refractivity (Wildman–Crippen MR) is 18.4 cm³/mol. The third-order valence-corrected chi connectivity index (χ3v) is 0.127. The van der Waals surface area contributed by atoms with Crippen LogP contribution in [0.25, 0.3) is 0 Å². The summed E-state index contributed by atoms with van der Waals surface area (Å²) in [6.45, 7) is 0. The summed E-state index contributed by atoms with van der Waals surface area (Å²) in [7, 11) is 0.278. The molecule has 5 heavy (non-hydrogen) atoms. The third kappa shape index (κ3) is 3.33. The summed E-state index contributed by atoms with van der Waals surface area (Å²) in [6.07, 6.45) is 0. The second-order valence-corrected chi connectivity index (χ2v) is 0.573. The van der Waals surface area contributed by atoms with E-state index in [2.05, 4.69) is 5.73 Å². The van der Waals surface area contributed by atoms with Crippen LogP contribution in [0.2, 0.25) is 0 Å². The van der Waals surface area contributed by atoms with E-state index in [1.54, 1.807) is 0 Å². The molecular weight excluding hydrogens is 66.8 g/mol. The van der Waals surface area contributed by atoms with Crippen LogP contribution in [0.1, 0.15) is 0 Å². The van der Waals surface area contributed by atoms with Crippen molar-refractivity contribution in [2.24, 2.45) is 5.73 Å². The molecule has 0 bridgehead atoms. The van der Waals surface area contributed by atoms with Gasteiger partial charge in [-0.3, -0.25) is 0 Å². The fourth-order valence-corrected chi connectivity index (χ4v) is 0. The van der Waals surface area contributed by atoms with Crippen molar-refractivity contribution in [3.8, 4) is 0 Å². The van der Waals surface area contributed by atoms with Gasteiger partial charge in [0.1, 0.15) is 0 Å². The Balaban J connectivity index is 3.20. The number of hydrogen-bond acceptors (Lipinski definition) is 2. The molecule has 0 fully saturated rings. The van der Waals surface area contributed by atoms with Gasteiger partial charge in [0.2, 0.25) is 0 Å². The van der Waals surface area contributed by atoms with Crippen LogP contribution in [0.4, 0.5) is 0 Å². The van der Waals surface area contributed by atoms with E-state index in [1.165, 1.54) is 0 Å². The minimum atomic E-state index is -0.426. The van der Waals surface area contributed by atoms with Crippen LogP contribution in [0, 0.1) is 5.41 Å². The summed E-state index contributed by atoms with van der Waals surface area (Å²) in [5.74, 6) is 0. The molecule has 0 aromatic heterocycles. The number of rotatable bonds is 1. The molecule has 0 rings (SSSR count). The van der Waals surface area contributed by atoms with Crippen LogP contribution in [-0.2, 0) is 4.70 Å². The molecule has 0 heterocycles. The molecule has 0 atom stereocenters. The first-order valence-corrected chi connectivity index (χ1v) is 1.06. The fourth-order valence-electron chi connectivity index (χ4n) is 0. The molecule has 0 saturated heterocycles. The number of nitrogens with one attached hydrogen (secondary N) is 1. The number of amidine groups is 1. The first-order chi connectivity index (χ1) is 2.27. The molecule has 26 valence electrons. The monoisotopic (exact) mass is 70.0 g/mol. The molecule has 3 N–H and O–H groups in total. The Kier molecular flexibility index (Phi) is 1.42. The zero-order valence-electron chi connectivity index (χ0n) is 2.56. The Bertz CT molecular complexity index is 60.7. The van der Waals surface area contributed by atoms with Gasteiger partial charge in [0.25, 0.3) is 0 Å². The molecule has 0 aromatic rings. The quantitative estimate of drug-likeness (QED) is 0.234. The van der Waals surface area contributed by atoms with Crippen molar-refractivity contribution in [3.05, 3.63) is 0 Å². The molecule has 0 spiro atoms. The van der Waals surface area contributed by atoms with Crippen LogP contribution in [0.3, 0.4) is 0 Å². The van der Waals surface area contributed by atoms with Gasteiger partial charge in [-0.2, -0.15) is 0 Å². The molecule has 0 saturated carbocycles. The van der Waals surface area contributed by atoms with Gasteiger partial charge in [0.15, 0.2) is 0 Å². The van der Waals surface area contributed by atoms with Crippen molar-refractivity contribution in [1.82, 2.24) is 0 Å². The van der Waals surface area contributed by atoms with E-state index in [0.29, 0.717) is 0 Å². The van der Waals surface area contributed by atoms with Crippen LogP contribution in [0.5, 0.6) is 0 Å². The summed E-state index contributed by atoms with van der Waals surface area (Å²) >= 11 is 0. The molecule has 0 aliphatic carbocycles. The van der Waals surface area contributed by atoms with E-state index in [-0.39, 0.29) is 7.15 Å². The molecule has 0 radical (unpaired) electrons. The zero-order chi connectivity index (χ0) is 4.28. The predicted octanol–water partition coefficient (Wildman–Crippen LogP) is -1.07. The summed E-state index contributed by atoms with van der Waals surface area (Å²) in [5, 5.41) is 6.15. The normalized spacial score (nSPS) is 5.60. The number of nitrogens with two attached hydrogens (primary N) is 1. The first kappa shape index (κ1) is 4.33. The van der Waals surface area contributed by atoms with E-state index < -0.39 is 5.73 Å². The van der Waals surface area contributed by atoms with Gasteiger partial charge < -0.3 is 0 Å². The van der Waals surface area contributed by atoms with Crippen molar-refractivity contribution in [3.63, 3.8) is 0 Å². The molecule has 0 aliphatic heterocycles. The van der Waals surface area contributed by atoms with E-state index in [9.17, 15) is 0 Å². The van der Waals surface area contributed by atoms with E-state index in [0.717, 1.165) is 0 Å². The Labute approximate surface area is 29.9 Å². The standard InChI is InChI=1S/CH3BN2O/c3-1(4)2-5/h(H3,3,4). The zero-order valence-corrected chi connectivity index (χ0v) is 2.56. The van der Waals surface area contributed by atoms with Crippen molar-refractivity contribution < 1.29 is 4.70 Å². The van der Waals surface area contributed by atoms with Gasteiger partial charge in [-0.25, -0.2) is 0 Å². The molecule has 0 amide bonds. The van der Waals surface area contributed by atoms with Crippen molar-refractivity contribution in [2.75, 3.05) is 0 Å². The van der Waals surface area contributed by atoms with Crippen molar-refractivity contribution >= 4 is 12.9 Å². The summed E-state index contributed by atoms with van der Waals surface area (Å²) in [4.78, 5) is 0. The first-order valence-electron chi connectivity index (χ1n) is 1.06. The van der Waals surface area contributed by atoms with Gasteiger partial charge in [0, 0.05) is 0 Å². The second-order valence-electron chi connectivity index (χ2n) is 0.573. The van der Waals surface area contributed by atoms with Gasteiger partial charge in [-0.05, 0) is 0 Å². The Morgan fingerprint density at radius 1 is 2.00 bits per heavy atom. The van der Waals surface area contributed by atoms with E-state index in [1.807, 2.05) is 0 Å².